The average Bonchev–Trinajstić information content (AvgIpc) is 3.15. The number of morpholine rings is 1. The number of hydrogen-bond acceptors (Lipinski definition) is 4. The second kappa shape index (κ2) is 10.9. The molecule has 2 unspecified atom stereocenters. The van der Waals surface area contributed by atoms with E-state index in [1.807, 2.05) is 7.05 Å². The smallest absolute Gasteiger partial charge is 0.193 e. The Morgan fingerprint density at radius 1 is 1.08 bits per heavy atom. The fourth-order valence-corrected chi connectivity index (χ4v) is 4.06. The number of hydrogen-bond donors (Lipinski definition) is 1. The van der Waals surface area contributed by atoms with Crippen LogP contribution in [-0.2, 0) is 9.47 Å². The van der Waals surface area contributed by atoms with Gasteiger partial charge in [0.2, 0.25) is 0 Å². The Labute approximate surface area is 169 Å². The Bertz CT molecular complexity index is 410. The predicted molar refractivity (Wildman–Crippen MR) is 112 cm³/mol. The quantitative estimate of drug-likeness (QED) is 0.389. The lowest BCUT2D eigenvalue weighted by Crippen LogP contribution is -2.53. The minimum absolute atomic E-state index is 0. The fraction of sp³-hybridized carbons (Fsp3) is 0.944. The first-order valence-corrected chi connectivity index (χ1v) is 9.63. The number of halogens is 1. The molecule has 0 radical (unpaired) electrons. The van der Waals surface area contributed by atoms with Gasteiger partial charge in [0.1, 0.15) is 6.10 Å². The zero-order chi connectivity index (χ0) is 16.8. The highest BCUT2D eigenvalue weighted by Gasteiger charge is 2.32. The van der Waals surface area contributed by atoms with Gasteiger partial charge in [-0.2, -0.15) is 0 Å². The van der Waals surface area contributed by atoms with Gasteiger partial charge in [0.25, 0.3) is 0 Å². The van der Waals surface area contributed by atoms with Crippen LogP contribution < -0.4 is 5.32 Å². The van der Waals surface area contributed by atoms with Crippen molar-refractivity contribution in [2.24, 2.45) is 10.9 Å². The molecule has 3 aliphatic heterocycles. The lowest BCUT2D eigenvalue weighted by atomic mass is 9.94. The highest BCUT2D eigenvalue weighted by Crippen LogP contribution is 2.21. The van der Waals surface area contributed by atoms with Crippen LogP contribution in [0.1, 0.15) is 32.1 Å². The second-order valence-electron chi connectivity index (χ2n) is 7.42. The Morgan fingerprint density at radius 2 is 1.84 bits per heavy atom. The first-order valence-electron chi connectivity index (χ1n) is 9.63. The lowest BCUT2D eigenvalue weighted by molar-refractivity contribution is -0.0817. The summed E-state index contributed by atoms with van der Waals surface area (Å²) in [6.07, 6.45) is 6.64. The van der Waals surface area contributed by atoms with E-state index in [1.54, 1.807) is 0 Å². The van der Waals surface area contributed by atoms with Gasteiger partial charge >= 0.3 is 0 Å². The van der Waals surface area contributed by atoms with Crippen molar-refractivity contribution in [1.29, 1.82) is 0 Å². The van der Waals surface area contributed by atoms with Crippen molar-refractivity contribution in [2.45, 2.75) is 44.3 Å². The molecule has 2 atom stereocenters. The van der Waals surface area contributed by atoms with Crippen molar-refractivity contribution < 1.29 is 9.47 Å². The van der Waals surface area contributed by atoms with Gasteiger partial charge in [-0.1, -0.05) is 0 Å². The molecule has 3 saturated heterocycles. The summed E-state index contributed by atoms with van der Waals surface area (Å²) in [4.78, 5) is 9.26. The lowest BCUT2D eigenvalue weighted by Gasteiger charge is -2.37. The molecule has 25 heavy (non-hydrogen) atoms. The molecule has 1 N–H and O–H groups in total. The van der Waals surface area contributed by atoms with Gasteiger partial charge in [0.05, 0.1) is 12.7 Å². The summed E-state index contributed by atoms with van der Waals surface area (Å²) in [5.41, 5.74) is 0. The number of guanidine groups is 1. The highest BCUT2D eigenvalue weighted by molar-refractivity contribution is 14.0. The van der Waals surface area contributed by atoms with E-state index in [-0.39, 0.29) is 36.2 Å². The third-order valence-corrected chi connectivity index (χ3v) is 5.66. The molecule has 3 fully saturated rings. The molecule has 146 valence electrons. The number of aliphatic imine (C=N–C) groups is 1. The summed E-state index contributed by atoms with van der Waals surface area (Å²) in [5, 5.41) is 3.57. The van der Waals surface area contributed by atoms with E-state index in [4.69, 9.17) is 9.47 Å². The number of likely N-dealkylation sites (tertiary alicyclic amines) is 1. The van der Waals surface area contributed by atoms with Crippen molar-refractivity contribution in [1.82, 2.24) is 15.1 Å². The van der Waals surface area contributed by atoms with Crippen molar-refractivity contribution in [3.05, 3.63) is 0 Å². The molecule has 7 heteroatoms. The normalized spacial score (nSPS) is 29.5. The van der Waals surface area contributed by atoms with Gasteiger partial charge < -0.3 is 24.6 Å². The van der Waals surface area contributed by atoms with Gasteiger partial charge in [-0.15, -0.1) is 24.0 Å². The van der Waals surface area contributed by atoms with Gasteiger partial charge in [0.15, 0.2) is 5.96 Å². The minimum atomic E-state index is 0. The summed E-state index contributed by atoms with van der Waals surface area (Å²) in [6.45, 7) is 6.95. The van der Waals surface area contributed by atoms with Crippen LogP contribution in [0.4, 0.5) is 0 Å². The van der Waals surface area contributed by atoms with E-state index in [1.165, 1.54) is 32.4 Å². The summed E-state index contributed by atoms with van der Waals surface area (Å²) >= 11 is 0. The molecule has 0 aliphatic carbocycles. The third-order valence-electron chi connectivity index (χ3n) is 5.66. The Balaban J connectivity index is 0.00000225. The maximum Gasteiger partial charge on any atom is 0.193 e. The first-order chi connectivity index (χ1) is 11.8. The van der Waals surface area contributed by atoms with Crippen LogP contribution >= 0.6 is 24.0 Å². The van der Waals surface area contributed by atoms with E-state index in [2.05, 4.69) is 27.2 Å². The van der Waals surface area contributed by atoms with E-state index in [0.29, 0.717) is 0 Å². The SMILES string of the molecule is CN=C(NCCC1CCN(C)CC1)N1CCOC(C2CCCO2)C1.I. The Morgan fingerprint density at radius 3 is 2.52 bits per heavy atom. The maximum atomic E-state index is 5.94. The fourth-order valence-electron chi connectivity index (χ4n) is 4.06. The van der Waals surface area contributed by atoms with Crippen LogP contribution in [0.3, 0.4) is 0 Å². The predicted octanol–water partition coefficient (Wildman–Crippen LogP) is 1.79. The monoisotopic (exact) mass is 466 g/mol. The molecule has 0 bridgehead atoms. The standard InChI is InChI=1S/C18H34N4O2.HI/c1-19-18(20-8-5-15-6-9-21(2)10-7-15)22-11-13-24-17(14-22)16-4-3-12-23-16;/h15-17H,3-14H2,1-2H3,(H,19,20);1H. The largest absolute Gasteiger partial charge is 0.375 e. The van der Waals surface area contributed by atoms with Crippen molar-refractivity contribution >= 4 is 29.9 Å². The highest BCUT2D eigenvalue weighted by atomic mass is 127. The minimum Gasteiger partial charge on any atom is -0.375 e. The molecule has 0 aromatic carbocycles. The molecule has 3 rings (SSSR count). The van der Waals surface area contributed by atoms with Crippen LogP contribution in [0.15, 0.2) is 4.99 Å². The van der Waals surface area contributed by atoms with Crippen molar-refractivity contribution in [3.63, 3.8) is 0 Å². The summed E-state index contributed by atoms with van der Waals surface area (Å²) in [6, 6.07) is 0. The number of rotatable bonds is 4. The Kier molecular flexibility index (Phi) is 9.23. The van der Waals surface area contributed by atoms with Crippen LogP contribution in [0, 0.1) is 5.92 Å². The van der Waals surface area contributed by atoms with Crippen LogP contribution in [-0.4, -0.2) is 88.0 Å². The third kappa shape index (κ3) is 6.22. The number of nitrogens with one attached hydrogen (secondary N) is 1. The van der Waals surface area contributed by atoms with Gasteiger partial charge in [-0.25, -0.2) is 0 Å². The molecule has 0 spiro atoms. The molecule has 0 aromatic heterocycles. The van der Waals surface area contributed by atoms with Crippen molar-refractivity contribution in [2.75, 3.05) is 60.0 Å². The molecule has 0 amide bonds. The van der Waals surface area contributed by atoms with Gasteiger partial charge in [-0.05, 0) is 58.2 Å². The van der Waals surface area contributed by atoms with Crippen molar-refractivity contribution in [3.8, 4) is 0 Å². The van der Waals surface area contributed by atoms with E-state index in [9.17, 15) is 0 Å². The zero-order valence-corrected chi connectivity index (χ0v) is 18.1. The second-order valence-corrected chi connectivity index (χ2v) is 7.42. The van der Waals surface area contributed by atoms with E-state index in [0.717, 1.165) is 57.6 Å². The maximum absolute atomic E-state index is 5.94. The molecule has 0 aromatic rings. The zero-order valence-electron chi connectivity index (χ0n) is 15.8. The van der Waals surface area contributed by atoms with Gasteiger partial charge in [0, 0.05) is 33.3 Å². The van der Waals surface area contributed by atoms with Crippen LogP contribution in [0.25, 0.3) is 0 Å². The molecule has 3 heterocycles. The molecule has 3 aliphatic rings. The topological polar surface area (TPSA) is 49.3 Å². The summed E-state index contributed by atoms with van der Waals surface area (Å²) in [7, 11) is 4.10. The Hall–Kier alpha value is -0.120. The molecular formula is C18H35IN4O2. The van der Waals surface area contributed by atoms with E-state index < -0.39 is 0 Å². The molecule has 0 saturated carbocycles. The number of ether oxygens (including phenoxy) is 2. The van der Waals surface area contributed by atoms with Crippen LogP contribution in [0.2, 0.25) is 0 Å². The summed E-state index contributed by atoms with van der Waals surface area (Å²) in [5.74, 6) is 1.88. The average molecular weight is 466 g/mol. The van der Waals surface area contributed by atoms with E-state index >= 15 is 0 Å². The first kappa shape index (κ1) is 21.2. The molecular weight excluding hydrogens is 431 g/mol. The number of piperidine rings is 1. The molecule has 6 nitrogen and oxygen atoms in total. The summed E-state index contributed by atoms with van der Waals surface area (Å²) < 4.78 is 11.7. The number of nitrogens with zero attached hydrogens (tertiary/aromatic N) is 3. The van der Waals surface area contributed by atoms with Crippen LogP contribution in [0.5, 0.6) is 0 Å². The van der Waals surface area contributed by atoms with Gasteiger partial charge in [-0.3, -0.25) is 4.99 Å².